The van der Waals surface area contributed by atoms with E-state index in [4.69, 9.17) is 0 Å². The van der Waals surface area contributed by atoms with Crippen LogP contribution >= 0.6 is 0 Å². The van der Waals surface area contributed by atoms with E-state index in [-0.39, 0.29) is 37.7 Å². The first-order chi connectivity index (χ1) is 3.39. The van der Waals surface area contributed by atoms with Crippen LogP contribution in [0.15, 0.2) is 0 Å². The van der Waals surface area contributed by atoms with Crippen LogP contribution in [0.4, 0.5) is 0 Å². The van der Waals surface area contributed by atoms with E-state index < -0.39 is 0 Å². The van der Waals surface area contributed by atoms with Gasteiger partial charge >= 0.3 is 0 Å². The Kier molecular flexibility index (Phi) is 5.74. The van der Waals surface area contributed by atoms with Gasteiger partial charge in [-0.2, -0.15) is 0 Å². The molecule has 0 radical (unpaired) electrons. The minimum Gasteiger partial charge on any atom is -0.314 e. The monoisotopic (exact) mass is 140 g/mol. The van der Waals surface area contributed by atoms with Crippen LogP contribution in [-0.4, -0.2) is 38.1 Å². The predicted octanol–water partition coefficient (Wildman–Crippen LogP) is -0.479. The van der Waals surface area contributed by atoms with Crippen molar-refractivity contribution in [3.63, 3.8) is 0 Å². The Morgan fingerprint density at radius 3 is 2.00 bits per heavy atom. The summed E-state index contributed by atoms with van der Waals surface area (Å²) in [4.78, 5) is 2.33. The molecule has 0 bridgehead atoms. The van der Waals surface area contributed by atoms with E-state index in [1.165, 1.54) is 13.1 Å². The van der Waals surface area contributed by atoms with Crippen LogP contribution in [0.5, 0.6) is 0 Å². The van der Waals surface area contributed by atoms with Crippen LogP contribution in [0.25, 0.3) is 0 Å². The van der Waals surface area contributed by atoms with Crippen LogP contribution < -0.4 is 5.32 Å². The summed E-state index contributed by atoms with van der Waals surface area (Å²) >= 11 is 0. The van der Waals surface area contributed by atoms with Gasteiger partial charge in [0.2, 0.25) is 0 Å². The van der Waals surface area contributed by atoms with E-state index in [1.807, 2.05) is 0 Å². The number of hydrogen-bond donors (Lipinski definition) is 1. The first-order valence-corrected chi connectivity index (χ1v) is 2.79. The number of hydrogen-bond acceptors (Lipinski definition) is 2. The van der Waals surface area contributed by atoms with E-state index in [1.54, 1.807) is 0 Å². The van der Waals surface area contributed by atoms with Crippen molar-refractivity contribution in [3.05, 3.63) is 0 Å². The number of rotatable bonds is 0. The molecule has 0 aromatic heterocycles. The molecule has 0 aromatic rings. The van der Waals surface area contributed by atoms with E-state index in [0.29, 0.717) is 0 Å². The topological polar surface area (TPSA) is 15.3 Å². The maximum Gasteiger partial charge on any atom is 0.0104 e. The summed E-state index contributed by atoms with van der Waals surface area (Å²) in [7, 11) is 2.15. The second-order valence-corrected chi connectivity index (χ2v) is 2.05. The molecule has 0 saturated carbocycles. The molecular weight excluding hydrogens is 128 g/mol. The Hall–Kier alpha value is 1.18. The molecule has 8 heavy (non-hydrogen) atoms. The first-order valence-electron chi connectivity index (χ1n) is 2.79. The van der Waals surface area contributed by atoms with Gasteiger partial charge in [-0.05, 0) is 7.05 Å². The SMILES string of the molecule is CN1CCNCC1.[Ar]. The van der Waals surface area contributed by atoms with E-state index in [9.17, 15) is 0 Å². The van der Waals surface area contributed by atoms with Crippen LogP contribution in [-0.2, 0) is 0 Å². The number of likely N-dealkylation sites (N-methyl/N-ethyl adjacent to an activating group) is 1. The molecule has 50 valence electrons. The third kappa shape index (κ3) is 3.25. The fraction of sp³-hybridized carbons (Fsp3) is 1.00. The number of piperazine rings is 1. The normalized spacial score (nSPS) is 22.1. The molecule has 3 heteroatoms. The Labute approximate surface area is 80.6 Å². The smallest absolute Gasteiger partial charge is 0.0104 e. The molecule has 1 aliphatic rings. The molecule has 0 aromatic carbocycles. The van der Waals surface area contributed by atoms with Gasteiger partial charge in [0.05, 0.1) is 0 Å². The molecule has 1 fully saturated rings. The maximum absolute atomic E-state index is 3.27. The van der Waals surface area contributed by atoms with Gasteiger partial charge in [-0.25, -0.2) is 0 Å². The Balaban J connectivity index is 0.000000490. The van der Waals surface area contributed by atoms with Gasteiger partial charge in [0.15, 0.2) is 0 Å². The zero-order chi connectivity index (χ0) is 5.11. The summed E-state index contributed by atoms with van der Waals surface area (Å²) in [6.07, 6.45) is 0. The number of nitrogens with one attached hydrogen (secondary N) is 1. The summed E-state index contributed by atoms with van der Waals surface area (Å²) in [5, 5.41) is 3.27. The maximum atomic E-state index is 3.27. The second kappa shape index (κ2) is 5.00. The number of nitrogens with zero attached hydrogens (tertiary/aromatic N) is 1. The average molecular weight is 140 g/mol. The van der Waals surface area contributed by atoms with Crippen LogP contribution in [0.1, 0.15) is 0 Å². The predicted molar refractivity (Wildman–Crippen MR) is 30.4 cm³/mol. The quantitative estimate of drug-likeness (QED) is 0.489. The van der Waals surface area contributed by atoms with Gasteiger partial charge in [0.25, 0.3) is 0 Å². The molecule has 0 amide bonds. The summed E-state index contributed by atoms with van der Waals surface area (Å²) in [5.41, 5.74) is 0. The third-order valence-electron chi connectivity index (χ3n) is 1.34. The minimum atomic E-state index is 0. The molecule has 0 unspecified atom stereocenters. The molecule has 1 heterocycles. The summed E-state index contributed by atoms with van der Waals surface area (Å²) in [5.74, 6) is 0. The van der Waals surface area contributed by atoms with Gasteiger partial charge in [-0.15, -0.1) is 0 Å². The molecule has 0 spiro atoms. The minimum absolute atomic E-state index is 0. The fourth-order valence-electron chi connectivity index (χ4n) is 0.777. The Morgan fingerprint density at radius 1 is 1.25 bits per heavy atom. The second-order valence-electron chi connectivity index (χ2n) is 2.05. The van der Waals surface area contributed by atoms with Gasteiger partial charge in [0, 0.05) is 63.9 Å². The fourth-order valence-corrected chi connectivity index (χ4v) is 0.777. The van der Waals surface area contributed by atoms with Crippen molar-refractivity contribution in [2.45, 2.75) is 0 Å². The van der Waals surface area contributed by atoms with E-state index in [2.05, 4.69) is 17.3 Å². The average Bonchev–Trinajstić information content (AvgIpc) is 1.69. The van der Waals surface area contributed by atoms with Crippen LogP contribution in [0, 0.1) is 37.7 Å². The zero-order valence-electron chi connectivity index (χ0n) is 5.13. The van der Waals surface area contributed by atoms with Crippen molar-refractivity contribution >= 4 is 0 Å². The van der Waals surface area contributed by atoms with Crippen LogP contribution in [0.2, 0.25) is 0 Å². The molecule has 0 aliphatic carbocycles. The molecule has 1 N–H and O–H groups in total. The van der Waals surface area contributed by atoms with Crippen LogP contribution in [0.3, 0.4) is 0 Å². The van der Waals surface area contributed by atoms with Crippen molar-refractivity contribution in [2.24, 2.45) is 0 Å². The van der Waals surface area contributed by atoms with Crippen molar-refractivity contribution in [1.82, 2.24) is 10.2 Å². The van der Waals surface area contributed by atoms with Crippen molar-refractivity contribution in [2.75, 3.05) is 33.2 Å². The van der Waals surface area contributed by atoms with E-state index in [0.717, 1.165) is 13.1 Å². The standard InChI is InChI=1S/C5H12N2.Ar/c1-7-4-2-6-3-5-7;/h6H,2-5H2,1H3;. The van der Waals surface area contributed by atoms with E-state index >= 15 is 0 Å². The molecule has 0 atom stereocenters. The molecule has 2 nitrogen and oxygen atoms in total. The Morgan fingerprint density at radius 2 is 1.75 bits per heavy atom. The van der Waals surface area contributed by atoms with Gasteiger partial charge < -0.3 is 10.2 Å². The zero-order valence-corrected chi connectivity index (χ0v) is 5.84. The molecule has 1 aliphatic heterocycles. The van der Waals surface area contributed by atoms with Gasteiger partial charge in [0.1, 0.15) is 0 Å². The first kappa shape index (κ1) is 9.18. The molecular formula is C5H12ArN2. The van der Waals surface area contributed by atoms with Crippen molar-refractivity contribution in [3.8, 4) is 0 Å². The summed E-state index contributed by atoms with van der Waals surface area (Å²) in [6, 6.07) is 0. The third-order valence-corrected chi connectivity index (χ3v) is 1.34. The summed E-state index contributed by atoms with van der Waals surface area (Å²) < 4.78 is 0. The molecule has 1 saturated heterocycles. The summed E-state index contributed by atoms with van der Waals surface area (Å²) in [6.45, 7) is 4.74. The molecule has 1 rings (SSSR count). The largest absolute Gasteiger partial charge is 0.314 e. The van der Waals surface area contributed by atoms with Crippen molar-refractivity contribution in [1.29, 1.82) is 0 Å². The van der Waals surface area contributed by atoms with Crippen molar-refractivity contribution < 1.29 is 37.7 Å². The van der Waals surface area contributed by atoms with Gasteiger partial charge in [-0.3, -0.25) is 0 Å². The van der Waals surface area contributed by atoms with Gasteiger partial charge in [-0.1, -0.05) is 0 Å². The Bertz CT molecular complexity index is 52.4.